The second-order valence-electron chi connectivity index (χ2n) is 4.39. The summed E-state index contributed by atoms with van der Waals surface area (Å²) in [6.45, 7) is 0.252. The normalized spacial score (nSPS) is 27.1. The van der Waals surface area contributed by atoms with E-state index >= 15 is 0 Å². The minimum Gasteiger partial charge on any atom is -0.434 e. The summed E-state index contributed by atoms with van der Waals surface area (Å²) in [5.74, 6) is -1.20. The maximum Gasteiger partial charge on any atom is 0.310 e. The quantitative estimate of drug-likeness (QED) is 0.491. The first-order valence-electron chi connectivity index (χ1n) is 6.00. The maximum absolute atomic E-state index is 11.8. The first kappa shape index (κ1) is 13.5. The molecule has 2 atom stereocenters. The predicted octanol–water partition coefficient (Wildman–Crippen LogP) is -1.27. The van der Waals surface area contributed by atoms with Crippen LogP contribution in [0.2, 0.25) is 0 Å². The van der Waals surface area contributed by atoms with Crippen LogP contribution >= 0.6 is 0 Å². The fraction of sp³-hybridized carbons (Fsp3) is 0.500. The Hall–Kier alpha value is -1.89. The Kier molecular flexibility index (Phi) is 4.16. The van der Waals surface area contributed by atoms with Crippen molar-refractivity contribution in [3.05, 3.63) is 18.6 Å². The van der Waals surface area contributed by atoms with Gasteiger partial charge in [-0.2, -0.15) is 0 Å². The highest BCUT2D eigenvalue weighted by Crippen LogP contribution is 2.12. The molecule has 2 heterocycles. The number of carbonyl (C=O) groups excluding carboxylic acids is 3. The van der Waals surface area contributed by atoms with Crippen LogP contribution in [0.3, 0.4) is 0 Å². The van der Waals surface area contributed by atoms with E-state index in [0.717, 1.165) is 0 Å². The summed E-state index contributed by atoms with van der Waals surface area (Å²) in [6.07, 6.45) is 4.33. The molecule has 2 aliphatic rings. The minimum atomic E-state index is -1.32. The molecular weight excluding hydrogens is 252 g/mol. The monoisotopic (exact) mass is 267 g/mol. The Labute approximate surface area is 110 Å². The van der Waals surface area contributed by atoms with Crippen LogP contribution in [0.25, 0.3) is 0 Å². The third-order valence-electron chi connectivity index (χ3n) is 2.90. The van der Waals surface area contributed by atoms with Gasteiger partial charge in [0.2, 0.25) is 18.1 Å². The van der Waals surface area contributed by atoms with Crippen molar-refractivity contribution in [3.8, 4) is 0 Å². The van der Waals surface area contributed by atoms with Gasteiger partial charge in [0.1, 0.15) is 6.04 Å². The van der Waals surface area contributed by atoms with Crippen molar-refractivity contribution in [2.24, 2.45) is 0 Å². The number of aliphatic hydroxyl groups excluding tert-OH is 1. The molecule has 2 amide bonds. The largest absolute Gasteiger partial charge is 0.434 e. The maximum atomic E-state index is 11.8. The molecule has 2 aliphatic heterocycles. The fourth-order valence-corrected chi connectivity index (χ4v) is 1.92. The average molecular weight is 267 g/mol. The van der Waals surface area contributed by atoms with E-state index in [1.165, 1.54) is 11.3 Å². The number of allylic oxidation sites excluding steroid dienone is 1. The van der Waals surface area contributed by atoms with E-state index in [9.17, 15) is 19.5 Å². The molecule has 1 fully saturated rings. The molecule has 0 spiro atoms. The zero-order valence-corrected chi connectivity index (χ0v) is 10.2. The summed E-state index contributed by atoms with van der Waals surface area (Å²) in [5, 5.41) is 11.8. The summed E-state index contributed by atoms with van der Waals surface area (Å²) in [7, 11) is 0. The van der Waals surface area contributed by atoms with E-state index in [2.05, 4.69) is 10.1 Å². The molecule has 0 aliphatic carbocycles. The lowest BCUT2D eigenvalue weighted by molar-refractivity contribution is -0.155. The predicted molar refractivity (Wildman–Crippen MR) is 63.3 cm³/mol. The zero-order valence-electron chi connectivity index (χ0n) is 10.2. The van der Waals surface area contributed by atoms with E-state index in [0.29, 0.717) is 13.0 Å². The van der Waals surface area contributed by atoms with E-state index in [-0.39, 0.29) is 18.9 Å². The molecule has 7 nitrogen and oxygen atoms in total. The molecule has 1 radical (unpaired) electrons. The van der Waals surface area contributed by atoms with Gasteiger partial charge in [0.05, 0.1) is 19.4 Å². The van der Waals surface area contributed by atoms with E-state index in [1.807, 2.05) is 12.2 Å². The molecule has 2 unspecified atom stereocenters. The molecule has 7 heteroatoms. The van der Waals surface area contributed by atoms with Crippen molar-refractivity contribution in [3.63, 3.8) is 0 Å². The molecule has 103 valence electrons. The summed E-state index contributed by atoms with van der Waals surface area (Å²) in [5.41, 5.74) is 0. The molecule has 0 aromatic heterocycles. The Morgan fingerprint density at radius 3 is 2.95 bits per heavy atom. The van der Waals surface area contributed by atoms with Crippen molar-refractivity contribution in [2.75, 3.05) is 13.1 Å². The van der Waals surface area contributed by atoms with Crippen molar-refractivity contribution in [2.45, 2.75) is 25.2 Å². The zero-order chi connectivity index (χ0) is 13.8. The number of amides is 2. The Morgan fingerprint density at radius 1 is 1.47 bits per heavy atom. The van der Waals surface area contributed by atoms with E-state index in [4.69, 9.17) is 0 Å². The van der Waals surface area contributed by atoms with Crippen LogP contribution in [-0.2, 0) is 19.1 Å². The smallest absolute Gasteiger partial charge is 0.310 e. The highest BCUT2D eigenvalue weighted by Gasteiger charge is 2.34. The van der Waals surface area contributed by atoms with Crippen molar-refractivity contribution >= 4 is 17.8 Å². The standard InChI is InChI=1S/C12H15N2O5/c15-9(13-8-6-11(17)19-12(8)18)7-14-5-3-1-2-4-10(14)16/h1,3-4,8,12,18H,2,5-7H2,(H,13,15). The number of nitrogens with zero attached hydrogens (tertiary/aromatic N) is 1. The lowest BCUT2D eigenvalue weighted by Crippen LogP contribution is -2.46. The third-order valence-corrected chi connectivity index (χ3v) is 2.90. The van der Waals surface area contributed by atoms with Crippen LogP contribution in [0.1, 0.15) is 12.8 Å². The first-order chi connectivity index (χ1) is 9.06. The molecule has 0 bridgehead atoms. The highest BCUT2D eigenvalue weighted by molar-refractivity contribution is 5.90. The molecule has 0 saturated carbocycles. The fourth-order valence-electron chi connectivity index (χ4n) is 1.92. The van der Waals surface area contributed by atoms with Gasteiger partial charge in [0.15, 0.2) is 0 Å². The third kappa shape index (κ3) is 3.54. The number of ether oxygens (including phenoxy) is 1. The van der Waals surface area contributed by atoms with Gasteiger partial charge in [-0.05, 0) is 6.42 Å². The topological polar surface area (TPSA) is 95.9 Å². The van der Waals surface area contributed by atoms with Crippen molar-refractivity contribution in [1.82, 2.24) is 10.2 Å². The van der Waals surface area contributed by atoms with Gasteiger partial charge in [-0.1, -0.05) is 12.2 Å². The second kappa shape index (κ2) is 5.83. The number of rotatable bonds is 3. The summed E-state index contributed by atoms with van der Waals surface area (Å²) >= 11 is 0. The molecule has 1 saturated heterocycles. The number of hydrogen-bond acceptors (Lipinski definition) is 5. The van der Waals surface area contributed by atoms with Gasteiger partial charge in [0, 0.05) is 6.54 Å². The second-order valence-corrected chi connectivity index (χ2v) is 4.39. The number of nitrogens with one attached hydrogen (secondary N) is 1. The summed E-state index contributed by atoms with van der Waals surface area (Å²) in [6, 6.07) is -0.749. The molecule has 2 rings (SSSR count). The number of cyclic esters (lactones) is 1. The number of esters is 1. The van der Waals surface area contributed by atoms with Crippen LogP contribution < -0.4 is 5.32 Å². The Morgan fingerprint density at radius 2 is 2.26 bits per heavy atom. The van der Waals surface area contributed by atoms with Gasteiger partial charge >= 0.3 is 5.97 Å². The lowest BCUT2D eigenvalue weighted by Gasteiger charge is -2.21. The van der Waals surface area contributed by atoms with Crippen LogP contribution in [-0.4, -0.2) is 53.2 Å². The van der Waals surface area contributed by atoms with Crippen LogP contribution in [0, 0.1) is 6.42 Å². The lowest BCUT2D eigenvalue weighted by atomic mass is 10.2. The van der Waals surface area contributed by atoms with Gasteiger partial charge in [-0.25, -0.2) is 0 Å². The van der Waals surface area contributed by atoms with E-state index in [1.54, 1.807) is 0 Å². The van der Waals surface area contributed by atoms with Crippen molar-refractivity contribution in [1.29, 1.82) is 0 Å². The summed E-state index contributed by atoms with van der Waals surface area (Å²) in [4.78, 5) is 35.7. The van der Waals surface area contributed by atoms with Gasteiger partial charge in [-0.3, -0.25) is 14.4 Å². The van der Waals surface area contributed by atoms with Gasteiger partial charge in [-0.15, -0.1) is 0 Å². The molecular formula is C12H15N2O5. The SMILES string of the molecule is O=C(CN1CC=CC[CH]C1=O)NC1CC(=O)OC1O. The minimum absolute atomic E-state index is 0.0626. The molecule has 0 aromatic rings. The van der Waals surface area contributed by atoms with E-state index < -0.39 is 24.2 Å². The van der Waals surface area contributed by atoms with Crippen LogP contribution in [0.5, 0.6) is 0 Å². The van der Waals surface area contributed by atoms with Gasteiger partial charge in [0.25, 0.3) is 0 Å². The molecule has 0 aromatic carbocycles. The van der Waals surface area contributed by atoms with Crippen LogP contribution in [0.15, 0.2) is 12.2 Å². The number of carbonyl (C=O) groups is 3. The highest BCUT2D eigenvalue weighted by atomic mass is 16.6. The Balaban J connectivity index is 1.85. The molecule has 2 N–H and O–H groups in total. The average Bonchev–Trinajstić information content (AvgIpc) is 2.53. The molecule has 19 heavy (non-hydrogen) atoms. The number of aliphatic hydroxyl groups is 1. The van der Waals surface area contributed by atoms with Crippen LogP contribution in [0.4, 0.5) is 0 Å². The van der Waals surface area contributed by atoms with Crippen molar-refractivity contribution < 1.29 is 24.2 Å². The van der Waals surface area contributed by atoms with Gasteiger partial charge < -0.3 is 20.1 Å². The Bertz CT molecular complexity index is 420. The first-order valence-corrected chi connectivity index (χ1v) is 6.00. The number of hydrogen-bond donors (Lipinski definition) is 2. The summed E-state index contributed by atoms with van der Waals surface area (Å²) < 4.78 is 4.51.